The van der Waals surface area contributed by atoms with Gasteiger partial charge in [-0.2, -0.15) is 4.98 Å². The molecule has 0 aliphatic carbocycles. The van der Waals surface area contributed by atoms with Crippen molar-refractivity contribution >= 4 is 30.0 Å². The standard InChI is InChI=1S/C34H27N3O9/c1-34(46-31(41)24-16-9-4-10-17-24)27(45-30(40)23-14-7-3-8-15-23)26(21-43-29(39)22-12-5-2-6-13-22)44-32(34)37-20-25(18-11-19-38)28(35)36-33(37)42/h2-10,12-17,19-20,26-27,32H,21H2,1H3,(H2,35,36,42)/t26-,27-,32-,34-/m1/s1. The number of benzene rings is 3. The van der Waals surface area contributed by atoms with Gasteiger partial charge in [0.1, 0.15) is 18.5 Å². The van der Waals surface area contributed by atoms with Crippen LogP contribution in [0.25, 0.3) is 0 Å². The lowest BCUT2D eigenvalue weighted by Gasteiger charge is -2.34. The van der Waals surface area contributed by atoms with Crippen molar-refractivity contribution in [3.8, 4) is 11.8 Å². The molecule has 0 radical (unpaired) electrons. The van der Waals surface area contributed by atoms with E-state index in [4.69, 9.17) is 24.7 Å². The fourth-order valence-corrected chi connectivity index (χ4v) is 4.91. The van der Waals surface area contributed by atoms with Crippen molar-refractivity contribution in [1.82, 2.24) is 9.55 Å². The molecule has 1 saturated heterocycles. The molecule has 2 heterocycles. The molecule has 12 nitrogen and oxygen atoms in total. The van der Waals surface area contributed by atoms with Gasteiger partial charge in [0.25, 0.3) is 0 Å². The van der Waals surface area contributed by atoms with Crippen LogP contribution in [-0.2, 0) is 23.7 Å². The monoisotopic (exact) mass is 621 g/mol. The summed E-state index contributed by atoms with van der Waals surface area (Å²) >= 11 is 0. The third kappa shape index (κ3) is 6.69. The van der Waals surface area contributed by atoms with E-state index < -0.39 is 54.2 Å². The fourth-order valence-electron chi connectivity index (χ4n) is 4.91. The minimum Gasteiger partial charge on any atom is -0.459 e. The number of aromatic nitrogens is 2. The van der Waals surface area contributed by atoms with E-state index in [1.807, 2.05) is 0 Å². The summed E-state index contributed by atoms with van der Waals surface area (Å²) in [6, 6.07) is 24.2. The molecule has 1 aromatic heterocycles. The Labute approximate surface area is 262 Å². The minimum absolute atomic E-state index is 0.00354. The van der Waals surface area contributed by atoms with Gasteiger partial charge in [-0.05, 0) is 49.2 Å². The summed E-state index contributed by atoms with van der Waals surface area (Å²) in [6.07, 6.45) is -2.67. The summed E-state index contributed by atoms with van der Waals surface area (Å²) in [5.74, 6) is 2.14. The van der Waals surface area contributed by atoms with Crippen LogP contribution in [0, 0.1) is 11.8 Å². The Bertz CT molecular complexity index is 1870. The van der Waals surface area contributed by atoms with E-state index in [0.717, 1.165) is 4.57 Å². The lowest BCUT2D eigenvalue weighted by Crippen LogP contribution is -2.51. The predicted octanol–water partition coefficient (Wildman–Crippen LogP) is 2.97. The van der Waals surface area contributed by atoms with Gasteiger partial charge in [0.05, 0.1) is 22.3 Å². The molecule has 4 atom stereocenters. The maximum atomic E-state index is 13.5. The van der Waals surface area contributed by atoms with Gasteiger partial charge in [-0.15, -0.1) is 0 Å². The van der Waals surface area contributed by atoms with Gasteiger partial charge in [-0.3, -0.25) is 9.36 Å². The zero-order valence-corrected chi connectivity index (χ0v) is 24.4. The summed E-state index contributed by atoms with van der Waals surface area (Å²) in [5.41, 5.74) is 3.63. The summed E-state index contributed by atoms with van der Waals surface area (Å²) in [7, 11) is 0. The van der Waals surface area contributed by atoms with Crippen molar-refractivity contribution < 1.29 is 38.1 Å². The Hall–Kier alpha value is -6.06. The Morgan fingerprint density at radius 3 is 2.02 bits per heavy atom. The first-order valence-electron chi connectivity index (χ1n) is 14.0. The normalized spacial score (nSPS) is 20.1. The highest BCUT2D eigenvalue weighted by atomic mass is 16.7. The predicted molar refractivity (Wildman–Crippen MR) is 162 cm³/mol. The molecular formula is C34H27N3O9. The highest BCUT2D eigenvalue weighted by Crippen LogP contribution is 2.43. The Kier molecular flexibility index (Phi) is 9.35. The van der Waals surface area contributed by atoms with Crippen molar-refractivity contribution in [3.05, 3.63) is 130 Å². The molecular weight excluding hydrogens is 594 g/mol. The number of carbonyl (C=O) groups is 4. The van der Waals surface area contributed by atoms with E-state index in [1.54, 1.807) is 66.7 Å². The largest absolute Gasteiger partial charge is 0.459 e. The van der Waals surface area contributed by atoms with Crippen LogP contribution < -0.4 is 11.4 Å². The average Bonchev–Trinajstić information content (AvgIpc) is 3.34. The molecule has 1 aliphatic heterocycles. The van der Waals surface area contributed by atoms with E-state index in [2.05, 4.69) is 16.8 Å². The molecule has 5 rings (SSSR count). The van der Waals surface area contributed by atoms with Crippen LogP contribution in [0.2, 0.25) is 0 Å². The SMILES string of the molecule is C[C@@]1(OC(=O)c2ccccc2)[C@H](OC(=O)c2ccccc2)[C@@H](COC(=O)c2ccccc2)O[C@H]1n1cc(C#CC=O)c(N)nc1=O. The molecule has 2 N–H and O–H groups in total. The van der Waals surface area contributed by atoms with Gasteiger partial charge in [0.15, 0.2) is 24.2 Å². The molecule has 232 valence electrons. The first-order valence-corrected chi connectivity index (χ1v) is 14.0. The number of nitrogens with zero attached hydrogens (tertiary/aromatic N) is 2. The smallest absolute Gasteiger partial charge is 0.351 e. The first kappa shape index (κ1) is 31.4. The van der Waals surface area contributed by atoms with Gasteiger partial charge >= 0.3 is 23.6 Å². The Morgan fingerprint density at radius 2 is 1.46 bits per heavy atom. The van der Waals surface area contributed by atoms with Crippen molar-refractivity contribution in [1.29, 1.82) is 0 Å². The molecule has 4 aromatic rings. The topological polar surface area (TPSA) is 166 Å². The molecule has 0 spiro atoms. The highest BCUT2D eigenvalue weighted by molar-refractivity contribution is 5.91. The number of rotatable bonds is 8. The van der Waals surface area contributed by atoms with Crippen molar-refractivity contribution in [2.45, 2.75) is 31.0 Å². The molecule has 0 saturated carbocycles. The summed E-state index contributed by atoms with van der Waals surface area (Å²) in [5, 5.41) is 0. The summed E-state index contributed by atoms with van der Waals surface area (Å²) < 4.78 is 24.7. The van der Waals surface area contributed by atoms with Crippen LogP contribution in [0.3, 0.4) is 0 Å². The van der Waals surface area contributed by atoms with E-state index in [1.165, 1.54) is 37.4 Å². The zero-order chi connectivity index (χ0) is 32.7. The van der Waals surface area contributed by atoms with E-state index >= 15 is 0 Å². The van der Waals surface area contributed by atoms with Gasteiger partial charge in [-0.1, -0.05) is 60.5 Å². The molecule has 0 unspecified atom stereocenters. The maximum absolute atomic E-state index is 13.5. The highest BCUT2D eigenvalue weighted by Gasteiger charge is 2.60. The molecule has 0 bridgehead atoms. The summed E-state index contributed by atoms with van der Waals surface area (Å²) in [4.78, 5) is 67.7. The summed E-state index contributed by atoms with van der Waals surface area (Å²) in [6.45, 7) is 0.949. The van der Waals surface area contributed by atoms with E-state index in [0.29, 0.717) is 6.29 Å². The second-order valence-corrected chi connectivity index (χ2v) is 10.2. The van der Waals surface area contributed by atoms with Crippen LogP contribution in [0.4, 0.5) is 5.82 Å². The lowest BCUT2D eigenvalue weighted by atomic mass is 9.95. The molecule has 1 fully saturated rings. The number of aldehydes is 1. The molecule has 3 aromatic carbocycles. The third-order valence-electron chi connectivity index (χ3n) is 7.15. The molecule has 12 heteroatoms. The average molecular weight is 622 g/mol. The number of carbonyl (C=O) groups excluding carboxylic acids is 4. The van der Waals surface area contributed by atoms with Gasteiger partial charge in [-0.25, -0.2) is 19.2 Å². The van der Waals surface area contributed by atoms with E-state index in [9.17, 15) is 24.0 Å². The molecule has 0 amide bonds. The first-order chi connectivity index (χ1) is 22.2. The zero-order valence-electron chi connectivity index (χ0n) is 24.4. The fraction of sp³-hybridized carbons (Fsp3) is 0.176. The van der Waals surface area contributed by atoms with Gasteiger partial charge < -0.3 is 24.7 Å². The van der Waals surface area contributed by atoms with Crippen LogP contribution in [0.15, 0.2) is 102 Å². The third-order valence-corrected chi connectivity index (χ3v) is 7.15. The van der Waals surface area contributed by atoms with Crippen LogP contribution in [-0.4, -0.2) is 58.2 Å². The van der Waals surface area contributed by atoms with Crippen molar-refractivity contribution in [2.75, 3.05) is 12.3 Å². The van der Waals surface area contributed by atoms with Crippen LogP contribution in [0.1, 0.15) is 49.8 Å². The minimum atomic E-state index is -1.93. The number of nitrogens with two attached hydrogens (primary N) is 1. The molecule has 1 aliphatic rings. The maximum Gasteiger partial charge on any atom is 0.351 e. The number of anilines is 1. The quantitative estimate of drug-likeness (QED) is 0.133. The number of ether oxygens (including phenoxy) is 4. The van der Waals surface area contributed by atoms with Crippen LogP contribution in [0.5, 0.6) is 0 Å². The Morgan fingerprint density at radius 1 is 0.913 bits per heavy atom. The van der Waals surface area contributed by atoms with Crippen LogP contribution >= 0.6 is 0 Å². The van der Waals surface area contributed by atoms with Crippen molar-refractivity contribution in [3.63, 3.8) is 0 Å². The number of hydrogen-bond acceptors (Lipinski definition) is 11. The Balaban J connectivity index is 1.60. The van der Waals surface area contributed by atoms with Crippen molar-refractivity contribution in [2.24, 2.45) is 0 Å². The lowest BCUT2D eigenvalue weighted by molar-refractivity contribution is -0.111. The van der Waals surface area contributed by atoms with E-state index in [-0.39, 0.29) is 28.1 Å². The second kappa shape index (κ2) is 13.7. The second-order valence-electron chi connectivity index (χ2n) is 10.2. The number of hydrogen-bond donors (Lipinski definition) is 1. The number of nitrogen functional groups attached to an aromatic ring is 1. The van der Waals surface area contributed by atoms with Gasteiger partial charge in [0, 0.05) is 6.20 Å². The van der Waals surface area contributed by atoms with Gasteiger partial charge in [0.2, 0.25) is 0 Å². The molecule has 46 heavy (non-hydrogen) atoms. The number of esters is 3.